The molecule has 2 N–H and O–H groups in total. The molecule has 0 aliphatic carbocycles. The molecule has 1 aromatic heterocycles. The van der Waals surface area contributed by atoms with Gasteiger partial charge in [0, 0.05) is 30.6 Å². The van der Waals surface area contributed by atoms with Crippen molar-refractivity contribution in [3.8, 4) is 0 Å². The van der Waals surface area contributed by atoms with Gasteiger partial charge >= 0.3 is 12.1 Å². The average Bonchev–Trinajstić information content (AvgIpc) is 2.85. The van der Waals surface area contributed by atoms with E-state index in [-0.39, 0.29) is 6.42 Å². The van der Waals surface area contributed by atoms with Gasteiger partial charge in [-0.3, -0.25) is 0 Å². The zero-order chi connectivity index (χ0) is 17.6. The van der Waals surface area contributed by atoms with Crippen LogP contribution < -0.4 is 10.2 Å². The molecule has 7 nitrogen and oxygen atoms in total. The molecule has 1 unspecified atom stereocenters. The smallest absolute Gasteiger partial charge is 0.408 e. The highest BCUT2D eigenvalue weighted by Gasteiger charge is 2.25. The van der Waals surface area contributed by atoms with E-state index in [0.717, 1.165) is 23.1 Å². The summed E-state index contributed by atoms with van der Waals surface area (Å²) in [6.07, 6.45) is 1.09. The molecule has 1 heterocycles. The van der Waals surface area contributed by atoms with Crippen LogP contribution in [0.15, 0.2) is 6.20 Å². The quantitative estimate of drug-likeness (QED) is 0.790. The first-order valence-corrected chi connectivity index (χ1v) is 8.39. The van der Waals surface area contributed by atoms with E-state index in [2.05, 4.69) is 15.2 Å². The van der Waals surface area contributed by atoms with E-state index in [1.54, 1.807) is 27.0 Å². The van der Waals surface area contributed by atoms with Crippen LogP contribution in [0.4, 0.5) is 9.93 Å². The predicted octanol–water partition coefficient (Wildman–Crippen LogP) is 2.51. The van der Waals surface area contributed by atoms with Crippen molar-refractivity contribution >= 4 is 28.5 Å². The van der Waals surface area contributed by atoms with Crippen molar-refractivity contribution in [2.24, 2.45) is 0 Å². The number of nitrogens with one attached hydrogen (secondary N) is 1. The van der Waals surface area contributed by atoms with Gasteiger partial charge < -0.3 is 20.1 Å². The molecule has 1 atom stereocenters. The Labute approximate surface area is 140 Å². The lowest BCUT2D eigenvalue weighted by Gasteiger charge is -2.21. The Morgan fingerprint density at radius 1 is 1.39 bits per heavy atom. The molecule has 23 heavy (non-hydrogen) atoms. The van der Waals surface area contributed by atoms with Gasteiger partial charge in [0.1, 0.15) is 11.6 Å². The van der Waals surface area contributed by atoms with Crippen LogP contribution in [0.5, 0.6) is 0 Å². The number of carboxylic acid groups (broad SMARTS) is 1. The number of hydrogen-bond donors (Lipinski definition) is 2. The Morgan fingerprint density at radius 2 is 2.00 bits per heavy atom. The van der Waals surface area contributed by atoms with Gasteiger partial charge in [-0.25, -0.2) is 14.6 Å². The van der Waals surface area contributed by atoms with E-state index in [1.807, 2.05) is 13.8 Å². The van der Waals surface area contributed by atoms with Gasteiger partial charge in [-0.2, -0.15) is 0 Å². The molecular weight excluding hydrogens is 318 g/mol. The number of amides is 1. The lowest BCUT2D eigenvalue weighted by atomic mass is 10.2. The Balaban J connectivity index is 2.73. The number of alkyl carbamates (subject to hydrolysis) is 1. The molecule has 8 heteroatoms. The molecule has 1 aromatic rings. The molecule has 0 saturated carbocycles. The van der Waals surface area contributed by atoms with Crippen LogP contribution in [0.25, 0.3) is 0 Å². The SMILES string of the molecule is CCN(CC)c1ncc(CC(NC(=O)OC(C)(C)C)C(=O)O)s1. The number of rotatable bonds is 7. The number of thiazole rings is 1. The molecule has 0 fully saturated rings. The Hall–Kier alpha value is -1.83. The molecule has 0 bridgehead atoms. The monoisotopic (exact) mass is 343 g/mol. The van der Waals surface area contributed by atoms with Crippen molar-refractivity contribution in [2.45, 2.75) is 52.7 Å². The number of ether oxygens (including phenoxy) is 1. The summed E-state index contributed by atoms with van der Waals surface area (Å²) in [5.74, 6) is -1.10. The third-order valence-corrected chi connectivity index (χ3v) is 4.05. The maximum Gasteiger partial charge on any atom is 0.408 e. The van der Waals surface area contributed by atoms with Crippen molar-refractivity contribution in [3.63, 3.8) is 0 Å². The Kier molecular flexibility index (Phi) is 6.80. The van der Waals surface area contributed by atoms with Crippen LogP contribution in [-0.2, 0) is 16.0 Å². The molecule has 0 aromatic carbocycles. The second kappa shape index (κ2) is 8.14. The second-order valence-electron chi connectivity index (χ2n) is 6.02. The van der Waals surface area contributed by atoms with Crippen molar-refractivity contribution in [3.05, 3.63) is 11.1 Å². The van der Waals surface area contributed by atoms with Crippen molar-refractivity contribution in [1.29, 1.82) is 0 Å². The van der Waals surface area contributed by atoms with Crippen molar-refractivity contribution in [1.82, 2.24) is 10.3 Å². The zero-order valence-electron chi connectivity index (χ0n) is 14.3. The van der Waals surface area contributed by atoms with Gasteiger partial charge in [0.15, 0.2) is 5.13 Å². The first kappa shape index (κ1) is 19.2. The number of carbonyl (C=O) groups is 2. The fourth-order valence-corrected chi connectivity index (χ4v) is 2.97. The summed E-state index contributed by atoms with van der Waals surface area (Å²) in [6, 6.07) is -1.05. The molecule has 0 radical (unpaired) electrons. The van der Waals surface area contributed by atoms with Gasteiger partial charge in [-0.1, -0.05) is 0 Å². The fourth-order valence-electron chi connectivity index (χ4n) is 1.88. The van der Waals surface area contributed by atoms with E-state index in [9.17, 15) is 14.7 Å². The molecule has 130 valence electrons. The number of carboxylic acids is 1. The number of carbonyl (C=O) groups excluding carboxylic acids is 1. The number of nitrogens with zero attached hydrogens (tertiary/aromatic N) is 2. The lowest BCUT2D eigenvalue weighted by molar-refractivity contribution is -0.139. The topological polar surface area (TPSA) is 91.8 Å². The van der Waals surface area contributed by atoms with Crippen LogP contribution in [0.1, 0.15) is 39.5 Å². The van der Waals surface area contributed by atoms with Crippen molar-refractivity contribution in [2.75, 3.05) is 18.0 Å². The lowest BCUT2D eigenvalue weighted by Crippen LogP contribution is -2.44. The Bertz CT molecular complexity index is 535. The van der Waals surface area contributed by atoms with E-state index in [1.165, 1.54) is 11.3 Å². The summed E-state index contributed by atoms with van der Waals surface area (Å²) in [6.45, 7) is 10.9. The second-order valence-corrected chi connectivity index (χ2v) is 7.12. The highest BCUT2D eigenvalue weighted by molar-refractivity contribution is 7.15. The number of aliphatic carboxylic acids is 1. The fraction of sp³-hybridized carbons (Fsp3) is 0.667. The summed E-state index contributed by atoms with van der Waals surface area (Å²) >= 11 is 1.44. The summed E-state index contributed by atoms with van der Waals surface area (Å²) in [5.41, 5.74) is -0.673. The average molecular weight is 343 g/mol. The number of anilines is 1. The van der Waals surface area contributed by atoms with Gasteiger partial charge in [-0.05, 0) is 34.6 Å². The van der Waals surface area contributed by atoms with Crippen LogP contribution in [0.3, 0.4) is 0 Å². The maximum absolute atomic E-state index is 11.8. The minimum atomic E-state index is -1.10. The van der Waals surface area contributed by atoms with Crippen LogP contribution >= 0.6 is 11.3 Å². The molecule has 1 rings (SSSR count). The van der Waals surface area contributed by atoms with E-state index in [0.29, 0.717) is 0 Å². The summed E-state index contributed by atoms with van der Waals surface area (Å²) in [5, 5.41) is 12.5. The molecule has 0 aliphatic heterocycles. The van der Waals surface area contributed by atoms with Crippen LogP contribution in [-0.4, -0.2) is 46.9 Å². The standard InChI is InChI=1S/C15H25N3O4S/c1-6-18(7-2)13-16-9-10(23-13)8-11(12(19)20)17-14(21)22-15(3,4)5/h9,11H,6-8H2,1-5H3,(H,17,21)(H,19,20). The first-order chi connectivity index (χ1) is 10.7. The zero-order valence-corrected chi connectivity index (χ0v) is 15.1. The minimum absolute atomic E-state index is 0.174. The minimum Gasteiger partial charge on any atom is -0.480 e. The molecule has 0 saturated heterocycles. The molecule has 0 aliphatic rings. The summed E-state index contributed by atoms with van der Waals surface area (Å²) < 4.78 is 5.10. The van der Waals surface area contributed by atoms with E-state index >= 15 is 0 Å². The van der Waals surface area contributed by atoms with Crippen LogP contribution in [0.2, 0.25) is 0 Å². The van der Waals surface area contributed by atoms with E-state index in [4.69, 9.17) is 4.74 Å². The Morgan fingerprint density at radius 3 is 2.48 bits per heavy atom. The normalized spacial score (nSPS) is 12.6. The van der Waals surface area contributed by atoms with Gasteiger partial charge in [0.25, 0.3) is 0 Å². The summed E-state index contributed by atoms with van der Waals surface area (Å²) in [7, 11) is 0. The molecule has 0 spiro atoms. The third-order valence-electron chi connectivity index (χ3n) is 2.97. The van der Waals surface area contributed by atoms with Gasteiger partial charge in [0.05, 0.1) is 0 Å². The van der Waals surface area contributed by atoms with Crippen LogP contribution in [0, 0.1) is 0 Å². The highest BCUT2D eigenvalue weighted by Crippen LogP contribution is 2.23. The first-order valence-electron chi connectivity index (χ1n) is 7.58. The van der Waals surface area contributed by atoms with Crippen molar-refractivity contribution < 1.29 is 19.4 Å². The van der Waals surface area contributed by atoms with E-state index < -0.39 is 23.7 Å². The highest BCUT2D eigenvalue weighted by atomic mass is 32.1. The molecule has 1 amide bonds. The number of aromatic nitrogens is 1. The number of hydrogen-bond acceptors (Lipinski definition) is 6. The third kappa shape index (κ3) is 6.43. The molecular formula is C15H25N3O4S. The summed E-state index contributed by atoms with van der Waals surface area (Å²) in [4.78, 5) is 30.3. The van der Waals surface area contributed by atoms with Gasteiger partial charge in [0.2, 0.25) is 0 Å². The maximum atomic E-state index is 11.8. The van der Waals surface area contributed by atoms with Gasteiger partial charge in [-0.15, -0.1) is 11.3 Å². The predicted molar refractivity (Wildman–Crippen MR) is 90.2 cm³/mol. The largest absolute Gasteiger partial charge is 0.480 e.